The van der Waals surface area contributed by atoms with Crippen molar-refractivity contribution in [2.45, 2.75) is 31.7 Å². The van der Waals surface area contributed by atoms with Gasteiger partial charge in [-0.1, -0.05) is 6.07 Å². The highest BCUT2D eigenvalue weighted by molar-refractivity contribution is 5.86. The van der Waals surface area contributed by atoms with Gasteiger partial charge in [0.1, 0.15) is 6.61 Å². The summed E-state index contributed by atoms with van der Waals surface area (Å²) in [4.78, 5) is 33.6. The molecule has 2 saturated heterocycles. The molecule has 0 radical (unpaired) electrons. The van der Waals surface area contributed by atoms with E-state index in [9.17, 15) is 14.7 Å². The van der Waals surface area contributed by atoms with Crippen molar-refractivity contribution in [3.8, 4) is 5.88 Å². The van der Waals surface area contributed by atoms with Gasteiger partial charge in [0.05, 0.1) is 18.6 Å². The third-order valence-corrected chi connectivity index (χ3v) is 6.09. The van der Waals surface area contributed by atoms with Crippen LogP contribution in [0.25, 0.3) is 0 Å². The number of aliphatic hydroxyl groups is 1. The summed E-state index contributed by atoms with van der Waals surface area (Å²) in [6.45, 7) is 2.04. The maximum absolute atomic E-state index is 13.3. The van der Waals surface area contributed by atoms with Crippen molar-refractivity contribution in [3.05, 3.63) is 23.9 Å². The maximum Gasteiger partial charge on any atom is 0.248 e. The number of likely N-dealkylation sites (N-methyl/N-ethyl adjacent to an activating group) is 1. The molecule has 0 aromatic carbocycles. The number of ether oxygens (including phenoxy) is 1. The molecule has 3 rings (SSSR count). The highest BCUT2D eigenvalue weighted by Gasteiger charge is 2.53. The first-order chi connectivity index (χ1) is 13.5. The number of nitrogens with zero attached hydrogens (tertiary/aromatic N) is 3. The number of fused-ring (bicyclic) bond motifs is 1. The normalized spacial score (nSPS) is 25.1. The molecule has 0 bridgehead atoms. The number of piperidine rings is 2. The molecule has 1 aromatic rings. The number of amides is 2. The van der Waals surface area contributed by atoms with Crippen LogP contribution in [0.3, 0.4) is 0 Å². The summed E-state index contributed by atoms with van der Waals surface area (Å²) < 4.78 is 5.27. The van der Waals surface area contributed by atoms with E-state index in [-0.39, 0.29) is 17.9 Å². The van der Waals surface area contributed by atoms with Crippen LogP contribution in [0.2, 0.25) is 0 Å². The zero-order valence-electron chi connectivity index (χ0n) is 16.7. The monoisotopic (exact) mass is 390 g/mol. The Labute approximate surface area is 165 Å². The van der Waals surface area contributed by atoms with Crippen LogP contribution in [0.5, 0.6) is 5.88 Å². The van der Waals surface area contributed by atoms with E-state index in [1.54, 1.807) is 18.2 Å². The van der Waals surface area contributed by atoms with Crippen molar-refractivity contribution in [2.24, 2.45) is 5.41 Å². The zero-order valence-corrected chi connectivity index (χ0v) is 16.7. The standard InChI is InChI=1S/C20H30N4O4/c1-23-12-8-20(7-4-11-24(16(20)13-23)17(26)14-25)19(27)22-10-6-15-5-3-9-21-18(15)28-2/h3,5,9,16,25H,4,6-8,10-14H2,1-2H3,(H,22,27)/t16-,20+/m0/s1. The Bertz CT molecular complexity index is 713. The number of rotatable bonds is 6. The number of carbonyl (C=O) groups excluding carboxylic acids is 2. The van der Waals surface area contributed by atoms with Gasteiger partial charge in [-0.3, -0.25) is 9.59 Å². The van der Waals surface area contributed by atoms with Crippen LogP contribution in [0.1, 0.15) is 24.8 Å². The Balaban J connectivity index is 1.71. The third-order valence-electron chi connectivity index (χ3n) is 6.09. The first-order valence-corrected chi connectivity index (χ1v) is 9.87. The third kappa shape index (κ3) is 3.98. The molecule has 2 atom stereocenters. The van der Waals surface area contributed by atoms with Crippen molar-refractivity contribution >= 4 is 11.8 Å². The molecule has 0 saturated carbocycles. The highest BCUT2D eigenvalue weighted by atomic mass is 16.5. The van der Waals surface area contributed by atoms with E-state index in [4.69, 9.17) is 4.74 Å². The predicted octanol–water partition coefficient (Wildman–Crippen LogP) is 0.0541. The minimum atomic E-state index is -0.589. The van der Waals surface area contributed by atoms with Crippen molar-refractivity contribution in [2.75, 3.05) is 46.9 Å². The maximum atomic E-state index is 13.3. The van der Waals surface area contributed by atoms with Crippen LogP contribution in [0.15, 0.2) is 18.3 Å². The van der Waals surface area contributed by atoms with E-state index in [1.807, 2.05) is 19.2 Å². The molecule has 2 aliphatic heterocycles. The van der Waals surface area contributed by atoms with E-state index in [0.29, 0.717) is 38.4 Å². The quantitative estimate of drug-likeness (QED) is 0.713. The van der Waals surface area contributed by atoms with Gasteiger partial charge in [-0.05, 0) is 45.3 Å². The van der Waals surface area contributed by atoms with Gasteiger partial charge in [0, 0.05) is 31.4 Å². The first kappa shape index (κ1) is 20.5. The number of pyridine rings is 1. The molecule has 0 aliphatic carbocycles. The van der Waals surface area contributed by atoms with Crippen LogP contribution in [0.4, 0.5) is 0 Å². The number of hydrogen-bond acceptors (Lipinski definition) is 6. The lowest BCUT2D eigenvalue weighted by molar-refractivity contribution is -0.155. The average molecular weight is 390 g/mol. The second-order valence-electron chi connectivity index (χ2n) is 7.71. The van der Waals surface area contributed by atoms with E-state index < -0.39 is 12.0 Å². The molecule has 2 fully saturated rings. The van der Waals surface area contributed by atoms with Gasteiger partial charge in [-0.2, -0.15) is 0 Å². The zero-order chi connectivity index (χ0) is 20.1. The van der Waals surface area contributed by atoms with E-state index in [2.05, 4.69) is 15.2 Å². The molecule has 154 valence electrons. The van der Waals surface area contributed by atoms with Crippen LogP contribution < -0.4 is 10.1 Å². The van der Waals surface area contributed by atoms with Gasteiger partial charge in [0.2, 0.25) is 17.7 Å². The van der Waals surface area contributed by atoms with Gasteiger partial charge in [0.15, 0.2) is 0 Å². The van der Waals surface area contributed by atoms with Crippen molar-refractivity contribution in [1.29, 1.82) is 0 Å². The Hall–Kier alpha value is -2.19. The molecular weight excluding hydrogens is 360 g/mol. The first-order valence-electron chi connectivity index (χ1n) is 9.87. The van der Waals surface area contributed by atoms with Gasteiger partial charge >= 0.3 is 0 Å². The predicted molar refractivity (Wildman–Crippen MR) is 104 cm³/mol. The molecule has 0 unspecified atom stereocenters. The number of methoxy groups -OCH3 is 1. The molecule has 1 aromatic heterocycles. The lowest BCUT2D eigenvalue weighted by atomic mass is 9.67. The number of nitrogens with one attached hydrogen (secondary N) is 1. The van der Waals surface area contributed by atoms with E-state index >= 15 is 0 Å². The Kier molecular flexibility index (Phi) is 6.51. The molecular formula is C20H30N4O4. The summed E-state index contributed by atoms with van der Waals surface area (Å²) in [5.41, 5.74) is 0.359. The smallest absolute Gasteiger partial charge is 0.248 e. The van der Waals surface area contributed by atoms with E-state index in [1.165, 1.54) is 0 Å². The van der Waals surface area contributed by atoms with Crippen LogP contribution in [-0.2, 0) is 16.0 Å². The second-order valence-corrected chi connectivity index (χ2v) is 7.71. The number of likely N-dealkylation sites (tertiary alicyclic amines) is 2. The fourth-order valence-electron chi connectivity index (χ4n) is 4.58. The van der Waals surface area contributed by atoms with Crippen molar-refractivity contribution in [1.82, 2.24) is 20.1 Å². The summed E-state index contributed by atoms with van der Waals surface area (Å²) in [6, 6.07) is 3.59. The average Bonchev–Trinajstić information content (AvgIpc) is 2.73. The number of carbonyl (C=O) groups is 2. The van der Waals surface area contributed by atoms with Crippen LogP contribution in [0, 0.1) is 5.41 Å². The molecule has 3 heterocycles. The molecule has 2 N–H and O–H groups in total. The highest BCUT2D eigenvalue weighted by Crippen LogP contribution is 2.42. The number of hydrogen-bond donors (Lipinski definition) is 2. The van der Waals surface area contributed by atoms with Gasteiger partial charge in [0.25, 0.3) is 0 Å². The Morgan fingerprint density at radius 3 is 2.96 bits per heavy atom. The van der Waals surface area contributed by atoms with E-state index in [0.717, 1.165) is 24.9 Å². The topological polar surface area (TPSA) is 95.0 Å². The van der Waals surface area contributed by atoms with Gasteiger partial charge in [-0.15, -0.1) is 0 Å². The molecule has 0 spiro atoms. The summed E-state index contributed by atoms with van der Waals surface area (Å²) >= 11 is 0. The lowest BCUT2D eigenvalue weighted by Crippen LogP contribution is -2.66. The summed E-state index contributed by atoms with van der Waals surface area (Å²) in [6.07, 6.45) is 4.56. The van der Waals surface area contributed by atoms with Crippen LogP contribution >= 0.6 is 0 Å². The SMILES string of the molecule is COc1ncccc1CCNC(=O)[C@@]12CCCN(C(=O)CO)[C@H]1CN(C)CC2. The molecule has 28 heavy (non-hydrogen) atoms. The van der Waals surface area contributed by atoms with Crippen molar-refractivity contribution < 1.29 is 19.4 Å². The number of aliphatic hydroxyl groups excluding tert-OH is 1. The minimum Gasteiger partial charge on any atom is -0.481 e. The second kappa shape index (κ2) is 8.87. The number of aromatic nitrogens is 1. The minimum absolute atomic E-state index is 0.00361. The van der Waals surface area contributed by atoms with Crippen LogP contribution in [-0.4, -0.2) is 84.7 Å². The molecule has 8 nitrogen and oxygen atoms in total. The van der Waals surface area contributed by atoms with Crippen molar-refractivity contribution in [3.63, 3.8) is 0 Å². The largest absolute Gasteiger partial charge is 0.481 e. The molecule has 2 aliphatic rings. The van der Waals surface area contributed by atoms with Gasteiger partial charge in [-0.25, -0.2) is 4.98 Å². The Morgan fingerprint density at radius 1 is 1.39 bits per heavy atom. The summed E-state index contributed by atoms with van der Waals surface area (Å²) in [7, 11) is 3.59. The Morgan fingerprint density at radius 2 is 2.21 bits per heavy atom. The molecule has 8 heteroatoms. The summed E-state index contributed by atoms with van der Waals surface area (Å²) in [5, 5.41) is 12.5. The lowest BCUT2D eigenvalue weighted by Gasteiger charge is -2.53. The molecule has 2 amide bonds. The van der Waals surface area contributed by atoms with Gasteiger partial charge < -0.3 is 25.0 Å². The summed E-state index contributed by atoms with van der Waals surface area (Å²) in [5.74, 6) is 0.283. The fraction of sp³-hybridized carbons (Fsp3) is 0.650. The fourth-order valence-corrected chi connectivity index (χ4v) is 4.58.